The number of hydrogen-bond donors (Lipinski definition) is 0. The Hall–Kier alpha value is -1.06. The minimum absolute atomic E-state index is 0.178. The third kappa shape index (κ3) is 2.57. The predicted octanol–water partition coefficient (Wildman–Crippen LogP) is 2.37. The zero-order valence-corrected chi connectivity index (χ0v) is 12.3. The van der Waals surface area contributed by atoms with Crippen LogP contribution < -0.4 is 0 Å². The second kappa shape index (κ2) is 5.74. The lowest BCUT2D eigenvalue weighted by molar-refractivity contribution is -0.155. The number of carbonyl (C=O) groups is 2. The maximum atomic E-state index is 12.6. The Morgan fingerprint density at radius 1 is 1.15 bits per heavy atom. The zero-order valence-electron chi connectivity index (χ0n) is 12.3. The number of likely N-dealkylation sites (tertiary alicyclic amines) is 1. The highest BCUT2D eigenvalue weighted by Gasteiger charge is 2.42. The molecule has 0 aromatic heterocycles. The summed E-state index contributed by atoms with van der Waals surface area (Å²) in [6, 6.07) is -0.333. The van der Waals surface area contributed by atoms with Crippen LogP contribution in [0, 0.1) is 17.8 Å². The Bertz CT molecular complexity index is 395. The summed E-state index contributed by atoms with van der Waals surface area (Å²) in [5.74, 6) is 2.14. The fraction of sp³-hybridized carbons (Fsp3) is 0.875. The number of hydrogen-bond acceptors (Lipinski definition) is 3. The van der Waals surface area contributed by atoms with E-state index in [-0.39, 0.29) is 17.9 Å². The maximum absolute atomic E-state index is 12.6. The molecule has 4 atom stereocenters. The van der Waals surface area contributed by atoms with E-state index in [9.17, 15) is 9.59 Å². The summed E-state index contributed by atoms with van der Waals surface area (Å²) >= 11 is 0. The third-order valence-electron chi connectivity index (χ3n) is 5.62. The maximum Gasteiger partial charge on any atom is 0.328 e. The molecule has 0 aromatic rings. The van der Waals surface area contributed by atoms with Crippen LogP contribution in [0.2, 0.25) is 0 Å². The van der Waals surface area contributed by atoms with Crippen molar-refractivity contribution in [3.05, 3.63) is 0 Å². The molecule has 112 valence electrons. The fourth-order valence-electron chi connectivity index (χ4n) is 4.58. The highest BCUT2D eigenvalue weighted by atomic mass is 16.5. The smallest absolute Gasteiger partial charge is 0.328 e. The van der Waals surface area contributed by atoms with Gasteiger partial charge in [-0.2, -0.15) is 0 Å². The van der Waals surface area contributed by atoms with E-state index < -0.39 is 0 Å². The molecule has 2 aliphatic carbocycles. The first-order chi connectivity index (χ1) is 9.69. The molecular formula is C16H25NO3. The van der Waals surface area contributed by atoms with E-state index in [1.54, 1.807) is 4.90 Å². The van der Waals surface area contributed by atoms with E-state index in [4.69, 9.17) is 4.74 Å². The van der Waals surface area contributed by atoms with Crippen molar-refractivity contribution in [2.24, 2.45) is 17.8 Å². The average Bonchev–Trinajstić information content (AvgIpc) is 3.09. The molecule has 2 bridgehead atoms. The molecule has 0 aromatic carbocycles. The zero-order chi connectivity index (χ0) is 14.1. The summed E-state index contributed by atoms with van der Waals surface area (Å²) in [4.78, 5) is 26.2. The molecule has 3 rings (SSSR count). The standard InChI is InChI=1S/C16H25NO3/c1-20-16(19)14-4-2-3-7-17(14)15(18)10-13-9-11-5-6-12(13)8-11/h11-14H,2-10H2,1H3/t11?,12?,13?,14-/m1/s1. The first kappa shape index (κ1) is 13.9. The molecule has 3 aliphatic rings. The van der Waals surface area contributed by atoms with Crippen molar-refractivity contribution in [1.82, 2.24) is 4.90 Å². The number of nitrogens with zero attached hydrogens (tertiary/aromatic N) is 1. The van der Waals surface area contributed by atoms with E-state index in [0.717, 1.165) is 37.6 Å². The van der Waals surface area contributed by atoms with Gasteiger partial charge < -0.3 is 9.64 Å². The monoisotopic (exact) mass is 279 g/mol. The molecule has 2 saturated carbocycles. The lowest BCUT2D eigenvalue weighted by atomic mass is 9.85. The van der Waals surface area contributed by atoms with Crippen LogP contribution in [-0.4, -0.2) is 36.5 Å². The van der Waals surface area contributed by atoms with Crippen molar-refractivity contribution in [3.8, 4) is 0 Å². The Morgan fingerprint density at radius 2 is 2.00 bits per heavy atom. The fourth-order valence-corrected chi connectivity index (χ4v) is 4.58. The van der Waals surface area contributed by atoms with Crippen LogP contribution in [0.1, 0.15) is 51.4 Å². The number of esters is 1. The molecule has 4 nitrogen and oxygen atoms in total. The molecule has 1 saturated heterocycles. The molecule has 3 fully saturated rings. The summed E-state index contributed by atoms with van der Waals surface area (Å²) in [7, 11) is 1.41. The number of fused-ring (bicyclic) bond motifs is 2. The highest BCUT2D eigenvalue weighted by molar-refractivity contribution is 5.84. The molecule has 0 N–H and O–H groups in total. The van der Waals surface area contributed by atoms with Crippen LogP contribution in [0.5, 0.6) is 0 Å². The average molecular weight is 279 g/mol. The molecule has 1 heterocycles. The lowest BCUT2D eigenvalue weighted by Crippen LogP contribution is -2.49. The van der Waals surface area contributed by atoms with Crippen LogP contribution in [0.4, 0.5) is 0 Å². The quantitative estimate of drug-likeness (QED) is 0.745. The number of rotatable bonds is 3. The summed E-state index contributed by atoms with van der Waals surface area (Å²) in [6.45, 7) is 0.722. The second-order valence-corrected chi connectivity index (χ2v) is 6.76. The minimum atomic E-state index is -0.333. The van der Waals surface area contributed by atoms with Crippen LogP contribution >= 0.6 is 0 Å². The molecular weight excluding hydrogens is 254 g/mol. The summed E-state index contributed by atoms with van der Waals surface area (Å²) < 4.78 is 4.86. The number of methoxy groups -OCH3 is 1. The number of amides is 1. The van der Waals surface area contributed by atoms with E-state index in [1.165, 1.54) is 32.8 Å². The molecule has 3 unspecified atom stereocenters. The Balaban J connectivity index is 1.61. The van der Waals surface area contributed by atoms with Crippen LogP contribution in [0.3, 0.4) is 0 Å². The summed E-state index contributed by atoms with van der Waals surface area (Å²) in [5, 5.41) is 0. The first-order valence-electron chi connectivity index (χ1n) is 8.06. The number of carbonyl (C=O) groups excluding carboxylic acids is 2. The van der Waals surface area contributed by atoms with Crippen molar-refractivity contribution in [1.29, 1.82) is 0 Å². The molecule has 4 heteroatoms. The molecule has 20 heavy (non-hydrogen) atoms. The Morgan fingerprint density at radius 3 is 2.65 bits per heavy atom. The molecule has 1 amide bonds. The lowest BCUT2D eigenvalue weighted by Gasteiger charge is -2.35. The van der Waals surface area contributed by atoms with Crippen molar-refractivity contribution in [2.45, 2.75) is 57.4 Å². The van der Waals surface area contributed by atoms with Gasteiger partial charge in [0.25, 0.3) is 0 Å². The second-order valence-electron chi connectivity index (χ2n) is 6.76. The van der Waals surface area contributed by atoms with Crippen molar-refractivity contribution >= 4 is 11.9 Å². The first-order valence-corrected chi connectivity index (χ1v) is 8.06. The van der Waals surface area contributed by atoms with Gasteiger partial charge in [-0.15, -0.1) is 0 Å². The SMILES string of the molecule is COC(=O)[C@H]1CCCCN1C(=O)CC1CC2CCC1C2. The van der Waals surface area contributed by atoms with E-state index in [1.807, 2.05) is 0 Å². The van der Waals surface area contributed by atoms with Crippen molar-refractivity contribution in [3.63, 3.8) is 0 Å². The highest BCUT2D eigenvalue weighted by Crippen LogP contribution is 2.49. The molecule has 0 spiro atoms. The van der Waals surface area contributed by atoms with Crippen molar-refractivity contribution in [2.75, 3.05) is 13.7 Å². The van der Waals surface area contributed by atoms with Crippen molar-refractivity contribution < 1.29 is 14.3 Å². The minimum Gasteiger partial charge on any atom is -0.467 e. The number of ether oxygens (including phenoxy) is 1. The predicted molar refractivity (Wildman–Crippen MR) is 74.9 cm³/mol. The molecule has 0 radical (unpaired) electrons. The van der Waals surface area contributed by atoms with Gasteiger partial charge in [-0.3, -0.25) is 4.79 Å². The Kier molecular flexibility index (Phi) is 3.99. The van der Waals surface area contributed by atoms with Crippen LogP contribution in [0.15, 0.2) is 0 Å². The Labute approximate surface area is 120 Å². The van der Waals surface area contributed by atoms with Gasteiger partial charge in [-0.25, -0.2) is 4.79 Å². The van der Waals surface area contributed by atoms with Crippen LogP contribution in [-0.2, 0) is 14.3 Å². The van der Waals surface area contributed by atoms with Gasteiger partial charge in [0, 0.05) is 13.0 Å². The summed E-state index contributed by atoms with van der Waals surface area (Å²) in [5.41, 5.74) is 0. The van der Waals surface area contributed by atoms with Gasteiger partial charge in [0.05, 0.1) is 7.11 Å². The largest absolute Gasteiger partial charge is 0.467 e. The van der Waals surface area contributed by atoms with Gasteiger partial charge >= 0.3 is 5.97 Å². The van der Waals surface area contributed by atoms with Crippen LogP contribution in [0.25, 0.3) is 0 Å². The van der Waals surface area contributed by atoms with E-state index in [2.05, 4.69) is 0 Å². The van der Waals surface area contributed by atoms with Gasteiger partial charge in [-0.1, -0.05) is 6.42 Å². The van der Waals surface area contributed by atoms with Gasteiger partial charge in [0.1, 0.15) is 6.04 Å². The summed E-state index contributed by atoms with van der Waals surface area (Å²) in [6.07, 6.45) is 8.66. The van der Waals surface area contributed by atoms with Gasteiger partial charge in [0.15, 0.2) is 0 Å². The van der Waals surface area contributed by atoms with E-state index in [0.29, 0.717) is 12.3 Å². The van der Waals surface area contributed by atoms with E-state index >= 15 is 0 Å². The van der Waals surface area contributed by atoms with Gasteiger partial charge in [0.2, 0.25) is 5.91 Å². The number of piperidine rings is 1. The van der Waals surface area contributed by atoms with Gasteiger partial charge in [-0.05, 0) is 56.3 Å². The molecule has 1 aliphatic heterocycles. The topological polar surface area (TPSA) is 46.6 Å². The third-order valence-corrected chi connectivity index (χ3v) is 5.62. The normalized spacial score (nSPS) is 36.1.